The van der Waals surface area contributed by atoms with Crippen LogP contribution in [0.15, 0.2) is 23.8 Å². The molecular formula is C17H28O. The van der Waals surface area contributed by atoms with Gasteiger partial charge in [-0.15, -0.1) is 0 Å². The van der Waals surface area contributed by atoms with Gasteiger partial charge >= 0.3 is 0 Å². The van der Waals surface area contributed by atoms with Gasteiger partial charge in [-0.25, -0.2) is 0 Å². The van der Waals surface area contributed by atoms with Crippen LogP contribution < -0.4 is 0 Å². The molecule has 0 fully saturated rings. The first-order chi connectivity index (χ1) is 8.76. The third-order valence-corrected chi connectivity index (χ3v) is 3.92. The van der Waals surface area contributed by atoms with Crippen LogP contribution in [0.1, 0.15) is 71.6 Å². The highest BCUT2D eigenvalue weighted by molar-refractivity contribution is 5.64. The molecule has 1 unspecified atom stereocenters. The molecule has 0 spiro atoms. The third kappa shape index (κ3) is 4.80. The van der Waals surface area contributed by atoms with Gasteiger partial charge in [-0.05, 0) is 25.7 Å². The van der Waals surface area contributed by atoms with Crippen LogP contribution >= 0.6 is 0 Å². The minimum absolute atomic E-state index is 0.191. The van der Waals surface area contributed by atoms with E-state index in [9.17, 15) is 4.79 Å². The molecule has 1 rings (SSSR count). The predicted molar refractivity (Wildman–Crippen MR) is 78.6 cm³/mol. The Bertz CT molecular complexity index is 301. The van der Waals surface area contributed by atoms with Crippen LogP contribution in [0.5, 0.6) is 0 Å². The SMILES string of the molecule is CCCCCC1=CCC(C=O)(CCCCC)C=C1. The lowest BCUT2D eigenvalue weighted by Crippen LogP contribution is -2.21. The predicted octanol–water partition coefficient (Wildman–Crippen LogP) is 5.22. The Morgan fingerprint density at radius 3 is 2.44 bits per heavy atom. The Labute approximate surface area is 112 Å². The highest BCUT2D eigenvalue weighted by atomic mass is 16.1. The van der Waals surface area contributed by atoms with Crippen LogP contribution in [-0.4, -0.2) is 6.29 Å². The second-order valence-electron chi connectivity index (χ2n) is 5.58. The Kier molecular flexibility index (Phi) is 7.00. The van der Waals surface area contributed by atoms with E-state index in [2.05, 4.69) is 32.1 Å². The van der Waals surface area contributed by atoms with Gasteiger partial charge in [0.2, 0.25) is 0 Å². The summed E-state index contributed by atoms with van der Waals surface area (Å²) in [6, 6.07) is 0. The van der Waals surface area contributed by atoms with Gasteiger partial charge < -0.3 is 4.79 Å². The Morgan fingerprint density at radius 2 is 1.89 bits per heavy atom. The second kappa shape index (κ2) is 8.29. The van der Waals surface area contributed by atoms with Crippen molar-refractivity contribution < 1.29 is 4.79 Å². The average Bonchev–Trinajstić information content (AvgIpc) is 2.41. The van der Waals surface area contributed by atoms with Crippen LogP contribution in [-0.2, 0) is 4.79 Å². The largest absolute Gasteiger partial charge is 0.302 e. The number of unbranched alkanes of at least 4 members (excludes halogenated alkanes) is 4. The summed E-state index contributed by atoms with van der Waals surface area (Å²) in [4.78, 5) is 11.4. The lowest BCUT2D eigenvalue weighted by Gasteiger charge is -2.26. The molecule has 0 radical (unpaired) electrons. The lowest BCUT2D eigenvalue weighted by atomic mass is 9.77. The standard InChI is InChI=1S/C17H28O/c1-3-5-7-9-16-10-13-17(15-18,14-11-16)12-8-6-4-2/h10-11,13,15H,3-9,12,14H2,1-2H3. The zero-order valence-corrected chi connectivity index (χ0v) is 12.1. The van der Waals surface area contributed by atoms with Gasteiger partial charge in [0.05, 0.1) is 0 Å². The fourth-order valence-electron chi connectivity index (χ4n) is 2.53. The van der Waals surface area contributed by atoms with Gasteiger partial charge in [0, 0.05) is 5.41 Å². The van der Waals surface area contributed by atoms with Crippen molar-refractivity contribution in [3.8, 4) is 0 Å². The Hall–Kier alpha value is -0.850. The van der Waals surface area contributed by atoms with Crippen molar-refractivity contribution in [3.63, 3.8) is 0 Å². The maximum absolute atomic E-state index is 11.4. The summed E-state index contributed by atoms with van der Waals surface area (Å²) < 4.78 is 0. The smallest absolute Gasteiger partial charge is 0.130 e. The maximum Gasteiger partial charge on any atom is 0.130 e. The van der Waals surface area contributed by atoms with E-state index in [1.165, 1.54) is 56.8 Å². The number of allylic oxidation sites excluding steroid dienone is 4. The monoisotopic (exact) mass is 248 g/mol. The lowest BCUT2D eigenvalue weighted by molar-refractivity contribution is -0.114. The quantitative estimate of drug-likeness (QED) is 0.404. The molecule has 0 aromatic heterocycles. The first kappa shape index (κ1) is 15.2. The first-order valence-electron chi connectivity index (χ1n) is 7.61. The van der Waals surface area contributed by atoms with Crippen molar-refractivity contribution >= 4 is 6.29 Å². The molecule has 0 N–H and O–H groups in total. The summed E-state index contributed by atoms with van der Waals surface area (Å²) in [6.07, 6.45) is 18.4. The zero-order valence-electron chi connectivity index (χ0n) is 12.1. The number of hydrogen-bond donors (Lipinski definition) is 0. The van der Waals surface area contributed by atoms with E-state index < -0.39 is 0 Å². The number of carbonyl (C=O) groups is 1. The van der Waals surface area contributed by atoms with Crippen LogP contribution in [0.3, 0.4) is 0 Å². The Balaban J connectivity index is 2.43. The van der Waals surface area contributed by atoms with Crippen molar-refractivity contribution in [1.82, 2.24) is 0 Å². The minimum atomic E-state index is -0.191. The van der Waals surface area contributed by atoms with Crippen molar-refractivity contribution in [2.75, 3.05) is 0 Å². The zero-order chi connectivity index (χ0) is 13.3. The number of carbonyl (C=O) groups excluding carboxylic acids is 1. The maximum atomic E-state index is 11.4. The van der Waals surface area contributed by atoms with Gasteiger partial charge in [0.25, 0.3) is 0 Å². The highest BCUT2D eigenvalue weighted by Gasteiger charge is 2.26. The molecule has 0 aromatic carbocycles. The van der Waals surface area contributed by atoms with E-state index in [1.807, 2.05) is 0 Å². The van der Waals surface area contributed by atoms with E-state index >= 15 is 0 Å². The molecular weight excluding hydrogens is 220 g/mol. The second-order valence-corrected chi connectivity index (χ2v) is 5.58. The molecule has 0 aromatic rings. The molecule has 0 aliphatic heterocycles. The van der Waals surface area contributed by atoms with E-state index in [1.54, 1.807) is 0 Å². The average molecular weight is 248 g/mol. The molecule has 0 saturated heterocycles. The van der Waals surface area contributed by atoms with Gasteiger partial charge in [-0.2, -0.15) is 0 Å². The fraction of sp³-hybridized carbons (Fsp3) is 0.706. The molecule has 0 amide bonds. The number of aldehydes is 1. The summed E-state index contributed by atoms with van der Waals surface area (Å²) >= 11 is 0. The Morgan fingerprint density at radius 1 is 1.17 bits per heavy atom. The van der Waals surface area contributed by atoms with Gasteiger partial charge in [-0.1, -0.05) is 69.8 Å². The van der Waals surface area contributed by atoms with E-state index in [0.717, 1.165) is 12.8 Å². The molecule has 1 aliphatic carbocycles. The molecule has 1 aliphatic rings. The molecule has 0 saturated carbocycles. The topological polar surface area (TPSA) is 17.1 Å². The van der Waals surface area contributed by atoms with Crippen LogP contribution in [0.2, 0.25) is 0 Å². The van der Waals surface area contributed by atoms with Crippen LogP contribution in [0.25, 0.3) is 0 Å². The molecule has 1 heteroatoms. The summed E-state index contributed by atoms with van der Waals surface area (Å²) in [5, 5.41) is 0. The summed E-state index contributed by atoms with van der Waals surface area (Å²) in [6.45, 7) is 4.44. The molecule has 0 heterocycles. The summed E-state index contributed by atoms with van der Waals surface area (Å²) in [5.74, 6) is 0. The molecule has 1 nitrogen and oxygen atoms in total. The summed E-state index contributed by atoms with van der Waals surface area (Å²) in [7, 11) is 0. The summed E-state index contributed by atoms with van der Waals surface area (Å²) in [5.41, 5.74) is 1.24. The van der Waals surface area contributed by atoms with Crippen molar-refractivity contribution in [1.29, 1.82) is 0 Å². The van der Waals surface area contributed by atoms with Gasteiger partial charge in [-0.3, -0.25) is 0 Å². The normalized spacial score (nSPS) is 22.9. The molecule has 0 bridgehead atoms. The fourth-order valence-corrected chi connectivity index (χ4v) is 2.53. The third-order valence-electron chi connectivity index (χ3n) is 3.92. The van der Waals surface area contributed by atoms with Crippen molar-refractivity contribution in [2.45, 2.75) is 71.6 Å². The number of rotatable bonds is 9. The highest BCUT2D eigenvalue weighted by Crippen LogP contribution is 2.34. The van der Waals surface area contributed by atoms with E-state index in [4.69, 9.17) is 0 Å². The van der Waals surface area contributed by atoms with Crippen molar-refractivity contribution in [3.05, 3.63) is 23.8 Å². The van der Waals surface area contributed by atoms with Crippen LogP contribution in [0, 0.1) is 5.41 Å². The van der Waals surface area contributed by atoms with Gasteiger partial charge in [0.15, 0.2) is 0 Å². The van der Waals surface area contributed by atoms with Crippen LogP contribution in [0.4, 0.5) is 0 Å². The molecule has 102 valence electrons. The van der Waals surface area contributed by atoms with E-state index in [0.29, 0.717) is 0 Å². The first-order valence-corrected chi connectivity index (χ1v) is 7.61. The van der Waals surface area contributed by atoms with Gasteiger partial charge in [0.1, 0.15) is 6.29 Å². The molecule has 1 atom stereocenters. The van der Waals surface area contributed by atoms with Crippen molar-refractivity contribution in [2.24, 2.45) is 5.41 Å². The minimum Gasteiger partial charge on any atom is -0.302 e. The molecule has 18 heavy (non-hydrogen) atoms. The van der Waals surface area contributed by atoms with E-state index in [-0.39, 0.29) is 5.41 Å². The number of hydrogen-bond acceptors (Lipinski definition) is 1.